The van der Waals surface area contributed by atoms with Gasteiger partial charge in [-0.2, -0.15) is 0 Å². The smallest absolute Gasteiger partial charge is 0.149 e. The van der Waals surface area contributed by atoms with Crippen LogP contribution in [0.25, 0.3) is 0 Å². The van der Waals surface area contributed by atoms with Crippen molar-refractivity contribution in [2.75, 3.05) is 17.2 Å². The molecule has 0 unspecified atom stereocenters. The first-order valence-electron chi connectivity index (χ1n) is 6.56. The lowest BCUT2D eigenvalue weighted by atomic mass is 10.2. The number of anilines is 3. The van der Waals surface area contributed by atoms with Crippen LogP contribution < -0.4 is 10.6 Å². The molecule has 0 saturated carbocycles. The first-order chi connectivity index (χ1) is 10.1. The Bertz CT molecular complexity index is 649. The summed E-state index contributed by atoms with van der Waals surface area (Å²) in [5.74, 6) is -0.119. The van der Waals surface area contributed by atoms with Gasteiger partial charge in [0.05, 0.1) is 10.2 Å². The third-order valence-electron chi connectivity index (χ3n) is 2.91. The molecule has 0 radical (unpaired) electrons. The van der Waals surface area contributed by atoms with Gasteiger partial charge in [0, 0.05) is 18.2 Å². The lowest BCUT2D eigenvalue weighted by Crippen LogP contribution is -2.08. The van der Waals surface area contributed by atoms with E-state index >= 15 is 0 Å². The number of benzene rings is 1. The van der Waals surface area contributed by atoms with E-state index in [1.54, 1.807) is 0 Å². The van der Waals surface area contributed by atoms with E-state index in [2.05, 4.69) is 36.5 Å². The van der Waals surface area contributed by atoms with Crippen LogP contribution in [0.15, 0.2) is 22.9 Å². The van der Waals surface area contributed by atoms with Gasteiger partial charge in [0.25, 0.3) is 0 Å². The standard InChI is InChI=1S/C14H15BrF2N4/c1-3-8-13(18-4-2)19-7-20-14(8)21-12-5-9(15)10(16)6-11(12)17/h5-7H,3-4H2,1-2H3,(H2,18,19,20,21). The molecule has 0 spiro atoms. The maximum absolute atomic E-state index is 13.8. The van der Waals surface area contributed by atoms with Crippen LogP contribution in [0.3, 0.4) is 0 Å². The summed E-state index contributed by atoms with van der Waals surface area (Å²) in [7, 11) is 0. The van der Waals surface area contributed by atoms with E-state index < -0.39 is 11.6 Å². The van der Waals surface area contributed by atoms with Crippen LogP contribution in [0.1, 0.15) is 19.4 Å². The van der Waals surface area contributed by atoms with Gasteiger partial charge >= 0.3 is 0 Å². The molecule has 0 bridgehead atoms. The molecule has 21 heavy (non-hydrogen) atoms. The van der Waals surface area contributed by atoms with Crippen LogP contribution in [0.4, 0.5) is 26.1 Å². The summed E-state index contributed by atoms with van der Waals surface area (Å²) in [6, 6.07) is 2.17. The van der Waals surface area contributed by atoms with Crippen molar-refractivity contribution in [2.45, 2.75) is 20.3 Å². The molecular weight excluding hydrogens is 342 g/mol. The minimum Gasteiger partial charge on any atom is -0.370 e. The molecule has 0 aliphatic rings. The predicted molar refractivity (Wildman–Crippen MR) is 82.9 cm³/mol. The van der Waals surface area contributed by atoms with Crippen LogP contribution in [-0.4, -0.2) is 16.5 Å². The van der Waals surface area contributed by atoms with E-state index in [0.29, 0.717) is 18.1 Å². The Hall–Kier alpha value is -1.76. The van der Waals surface area contributed by atoms with Crippen molar-refractivity contribution in [3.8, 4) is 0 Å². The van der Waals surface area contributed by atoms with Crippen LogP contribution in [-0.2, 0) is 6.42 Å². The number of hydrogen-bond donors (Lipinski definition) is 2. The minimum absolute atomic E-state index is 0.152. The Morgan fingerprint density at radius 2 is 1.81 bits per heavy atom. The normalized spacial score (nSPS) is 10.5. The van der Waals surface area contributed by atoms with Crippen molar-refractivity contribution in [1.29, 1.82) is 0 Å². The van der Waals surface area contributed by atoms with E-state index in [-0.39, 0.29) is 10.2 Å². The molecule has 0 fully saturated rings. The second kappa shape index (κ2) is 6.80. The number of hydrogen-bond acceptors (Lipinski definition) is 4. The topological polar surface area (TPSA) is 49.8 Å². The van der Waals surface area contributed by atoms with Gasteiger partial charge in [-0.25, -0.2) is 18.7 Å². The second-order valence-corrected chi connectivity index (χ2v) is 5.16. The zero-order chi connectivity index (χ0) is 15.4. The summed E-state index contributed by atoms with van der Waals surface area (Å²) in [6.07, 6.45) is 2.07. The summed E-state index contributed by atoms with van der Waals surface area (Å²) in [5.41, 5.74) is 0.998. The quantitative estimate of drug-likeness (QED) is 0.786. The molecule has 0 amide bonds. The summed E-state index contributed by atoms with van der Waals surface area (Å²) >= 11 is 3.04. The van der Waals surface area contributed by atoms with Gasteiger partial charge in [0.15, 0.2) is 0 Å². The third-order valence-corrected chi connectivity index (χ3v) is 3.51. The molecule has 1 aromatic carbocycles. The Labute approximate surface area is 130 Å². The predicted octanol–water partition coefficient (Wildman–Crippen LogP) is 4.26. The van der Waals surface area contributed by atoms with Gasteiger partial charge in [-0.1, -0.05) is 6.92 Å². The lowest BCUT2D eigenvalue weighted by molar-refractivity contribution is 0.581. The van der Waals surface area contributed by atoms with Crippen molar-refractivity contribution in [1.82, 2.24) is 9.97 Å². The number of nitrogens with zero attached hydrogens (tertiary/aromatic N) is 2. The average Bonchev–Trinajstić information content (AvgIpc) is 2.45. The van der Waals surface area contributed by atoms with Crippen LogP contribution in [0, 0.1) is 11.6 Å². The highest BCUT2D eigenvalue weighted by molar-refractivity contribution is 9.10. The molecule has 1 heterocycles. The maximum Gasteiger partial charge on any atom is 0.149 e. The molecule has 4 nitrogen and oxygen atoms in total. The first-order valence-corrected chi connectivity index (χ1v) is 7.35. The fraction of sp³-hybridized carbons (Fsp3) is 0.286. The Morgan fingerprint density at radius 1 is 1.10 bits per heavy atom. The van der Waals surface area contributed by atoms with Crippen molar-refractivity contribution in [3.05, 3.63) is 40.1 Å². The van der Waals surface area contributed by atoms with E-state index in [4.69, 9.17) is 0 Å². The van der Waals surface area contributed by atoms with Gasteiger partial charge < -0.3 is 10.6 Å². The van der Waals surface area contributed by atoms with E-state index in [0.717, 1.165) is 18.2 Å². The van der Waals surface area contributed by atoms with Gasteiger partial charge in [-0.15, -0.1) is 0 Å². The molecule has 112 valence electrons. The Morgan fingerprint density at radius 3 is 2.48 bits per heavy atom. The van der Waals surface area contributed by atoms with E-state index in [1.165, 1.54) is 12.4 Å². The van der Waals surface area contributed by atoms with Crippen LogP contribution in [0.2, 0.25) is 0 Å². The van der Waals surface area contributed by atoms with Crippen LogP contribution >= 0.6 is 15.9 Å². The van der Waals surface area contributed by atoms with Crippen molar-refractivity contribution in [3.63, 3.8) is 0 Å². The average molecular weight is 357 g/mol. The van der Waals surface area contributed by atoms with Gasteiger partial charge in [-0.3, -0.25) is 0 Å². The maximum atomic E-state index is 13.8. The summed E-state index contributed by atoms with van der Waals surface area (Å²) in [5, 5.41) is 6.03. The number of nitrogens with one attached hydrogen (secondary N) is 2. The SMILES string of the molecule is CCNc1ncnc(Nc2cc(Br)c(F)cc2F)c1CC. The Kier molecular flexibility index (Phi) is 5.06. The monoisotopic (exact) mass is 356 g/mol. The Balaban J connectivity index is 2.40. The van der Waals surface area contributed by atoms with Gasteiger partial charge in [0.1, 0.15) is 29.6 Å². The molecule has 2 aromatic rings. The highest BCUT2D eigenvalue weighted by atomic mass is 79.9. The van der Waals surface area contributed by atoms with E-state index in [1.807, 2.05) is 13.8 Å². The molecule has 0 saturated heterocycles. The zero-order valence-corrected chi connectivity index (χ0v) is 13.3. The molecule has 2 rings (SSSR count). The molecule has 1 aromatic heterocycles. The highest BCUT2D eigenvalue weighted by Crippen LogP contribution is 2.28. The minimum atomic E-state index is -0.679. The largest absolute Gasteiger partial charge is 0.370 e. The highest BCUT2D eigenvalue weighted by Gasteiger charge is 2.13. The first kappa shape index (κ1) is 15.6. The van der Waals surface area contributed by atoms with Gasteiger partial charge in [-0.05, 0) is 35.3 Å². The summed E-state index contributed by atoms with van der Waals surface area (Å²) in [6.45, 7) is 4.65. The number of halogens is 3. The fourth-order valence-electron chi connectivity index (χ4n) is 1.92. The molecule has 7 heteroatoms. The summed E-state index contributed by atoms with van der Waals surface area (Å²) in [4.78, 5) is 8.31. The second-order valence-electron chi connectivity index (χ2n) is 4.30. The van der Waals surface area contributed by atoms with Crippen LogP contribution in [0.5, 0.6) is 0 Å². The number of rotatable bonds is 5. The van der Waals surface area contributed by atoms with Crippen molar-refractivity contribution < 1.29 is 8.78 Å². The van der Waals surface area contributed by atoms with Crippen molar-refractivity contribution >= 4 is 33.3 Å². The summed E-state index contributed by atoms with van der Waals surface area (Å²) < 4.78 is 27.3. The third kappa shape index (κ3) is 3.47. The fourth-order valence-corrected chi connectivity index (χ4v) is 2.26. The van der Waals surface area contributed by atoms with Gasteiger partial charge in [0.2, 0.25) is 0 Å². The van der Waals surface area contributed by atoms with E-state index in [9.17, 15) is 8.78 Å². The molecule has 2 N–H and O–H groups in total. The number of aromatic nitrogens is 2. The zero-order valence-electron chi connectivity index (χ0n) is 11.7. The molecule has 0 atom stereocenters. The van der Waals surface area contributed by atoms with Crippen molar-refractivity contribution in [2.24, 2.45) is 0 Å². The lowest BCUT2D eigenvalue weighted by Gasteiger charge is -2.14. The molecular formula is C14H15BrF2N4. The molecule has 0 aliphatic heterocycles. The molecule has 0 aliphatic carbocycles.